The van der Waals surface area contributed by atoms with Crippen LogP contribution in [0.3, 0.4) is 0 Å². The van der Waals surface area contributed by atoms with E-state index in [0.717, 1.165) is 23.1 Å². The summed E-state index contributed by atoms with van der Waals surface area (Å²) in [5.41, 5.74) is 1.60. The van der Waals surface area contributed by atoms with Crippen molar-refractivity contribution in [1.82, 2.24) is 0 Å². The molecule has 0 saturated carbocycles. The number of hydrogen-bond donors (Lipinski definition) is 2. The summed E-state index contributed by atoms with van der Waals surface area (Å²) in [7, 11) is 0. The molecule has 0 aromatic heterocycles. The van der Waals surface area contributed by atoms with Crippen LogP contribution in [0.25, 0.3) is 0 Å². The lowest BCUT2D eigenvalue weighted by atomic mass is 10.2. The Morgan fingerprint density at radius 2 is 2.24 bits per heavy atom. The van der Waals surface area contributed by atoms with Crippen LogP contribution < -0.4 is 5.32 Å². The minimum atomic E-state index is 0.0641. The van der Waals surface area contributed by atoms with Gasteiger partial charge >= 0.3 is 0 Å². The lowest BCUT2D eigenvalue weighted by Gasteiger charge is -2.08. The fraction of sp³-hybridized carbons (Fsp3) is 0.417. The summed E-state index contributed by atoms with van der Waals surface area (Å²) in [4.78, 5) is 0. The van der Waals surface area contributed by atoms with Crippen LogP contribution in [0.4, 0.5) is 5.69 Å². The molecule has 4 nitrogen and oxygen atoms in total. The SMILES string of the molecule is N#Cc1ccc(NCCCOCCO)c(Br)c1. The van der Waals surface area contributed by atoms with E-state index in [4.69, 9.17) is 15.1 Å². The average molecular weight is 299 g/mol. The van der Waals surface area contributed by atoms with Gasteiger partial charge in [0, 0.05) is 23.3 Å². The molecule has 0 aliphatic rings. The minimum absolute atomic E-state index is 0.0641. The molecule has 1 aromatic carbocycles. The van der Waals surface area contributed by atoms with Crippen LogP contribution in [0.2, 0.25) is 0 Å². The van der Waals surface area contributed by atoms with Gasteiger partial charge in [-0.25, -0.2) is 0 Å². The molecule has 0 spiro atoms. The Hall–Kier alpha value is -1.09. The number of ether oxygens (including phenoxy) is 1. The summed E-state index contributed by atoms with van der Waals surface area (Å²) in [5, 5.41) is 20.5. The maximum atomic E-state index is 8.72. The lowest BCUT2D eigenvalue weighted by molar-refractivity contribution is 0.0922. The van der Waals surface area contributed by atoms with Gasteiger partial charge in [-0.2, -0.15) is 5.26 Å². The normalized spacial score (nSPS) is 9.94. The molecule has 2 N–H and O–H groups in total. The van der Waals surface area contributed by atoms with E-state index in [9.17, 15) is 0 Å². The largest absolute Gasteiger partial charge is 0.394 e. The molecule has 17 heavy (non-hydrogen) atoms. The van der Waals surface area contributed by atoms with E-state index in [0.29, 0.717) is 18.8 Å². The first kappa shape index (κ1) is 14.0. The maximum Gasteiger partial charge on any atom is 0.0992 e. The van der Waals surface area contributed by atoms with Crippen molar-refractivity contribution in [2.45, 2.75) is 6.42 Å². The summed E-state index contributed by atoms with van der Waals surface area (Å²) in [6.45, 7) is 1.87. The van der Waals surface area contributed by atoms with Gasteiger partial charge in [-0.15, -0.1) is 0 Å². The highest BCUT2D eigenvalue weighted by atomic mass is 79.9. The van der Waals surface area contributed by atoms with E-state index >= 15 is 0 Å². The molecule has 0 radical (unpaired) electrons. The topological polar surface area (TPSA) is 65.3 Å². The van der Waals surface area contributed by atoms with Crippen molar-refractivity contribution in [1.29, 1.82) is 5.26 Å². The average Bonchev–Trinajstić information content (AvgIpc) is 2.35. The predicted octanol–water partition coefficient (Wildman–Crippen LogP) is 2.13. The van der Waals surface area contributed by atoms with Gasteiger partial charge in [0.25, 0.3) is 0 Å². The number of halogens is 1. The smallest absolute Gasteiger partial charge is 0.0992 e. The van der Waals surface area contributed by atoms with Gasteiger partial charge in [0.05, 0.1) is 24.8 Å². The molecule has 0 bridgehead atoms. The lowest BCUT2D eigenvalue weighted by Crippen LogP contribution is -2.07. The molecule has 1 rings (SSSR count). The Morgan fingerprint density at radius 1 is 1.41 bits per heavy atom. The minimum Gasteiger partial charge on any atom is -0.394 e. The van der Waals surface area contributed by atoms with E-state index in [1.54, 1.807) is 12.1 Å². The second-order valence-electron chi connectivity index (χ2n) is 3.42. The number of benzene rings is 1. The summed E-state index contributed by atoms with van der Waals surface area (Å²) in [6, 6.07) is 7.51. The number of anilines is 1. The Morgan fingerprint density at radius 3 is 2.88 bits per heavy atom. The highest BCUT2D eigenvalue weighted by Gasteiger charge is 2.00. The van der Waals surface area contributed by atoms with E-state index in [1.807, 2.05) is 6.07 Å². The van der Waals surface area contributed by atoms with Crippen molar-refractivity contribution in [2.24, 2.45) is 0 Å². The molecule has 0 saturated heterocycles. The van der Waals surface area contributed by atoms with Crippen molar-refractivity contribution >= 4 is 21.6 Å². The molecule has 0 unspecified atom stereocenters. The highest BCUT2D eigenvalue weighted by molar-refractivity contribution is 9.10. The van der Waals surface area contributed by atoms with Crippen LogP contribution in [0, 0.1) is 11.3 Å². The number of nitrogens with one attached hydrogen (secondary N) is 1. The Bertz CT molecular complexity index is 391. The third kappa shape index (κ3) is 5.18. The monoisotopic (exact) mass is 298 g/mol. The van der Waals surface area contributed by atoms with Crippen LogP contribution in [-0.2, 0) is 4.74 Å². The zero-order chi connectivity index (χ0) is 12.5. The molecule has 5 heteroatoms. The van der Waals surface area contributed by atoms with Gasteiger partial charge in [0.2, 0.25) is 0 Å². The first-order chi connectivity index (χ1) is 8.27. The van der Waals surface area contributed by atoms with E-state index in [1.165, 1.54) is 0 Å². The highest BCUT2D eigenvalue weighted by Crippen LogP contribution is 2.23. The van der Waals surface area contributed by atoms with Gasteiger partial charge < -0.3 is 15.2 Å². The third-order valence-electron chi connectivity index (χ3n) is 2.11. The number of nitrogens with zero attached hydrogens (tertiary/aromatic N) is 1. The molecule has 0 heterocycles. The van der Waals surface area contributed by atoms with Gasteiger partial charge in [0.1, 0.15) is 0 Å². The molecule has 0 atom stereocenters. The standard InChI is InChI=1S/C12H15BrN2O2/c13-11-8-10(9-14)2-3-12(11)15-4-1-6-17-7-5-16/h2-3,8,15-16H,1,4-7H2. The number of hydrogen-bond acceptors (Lipinski definition) is 4. The van der Waals surface area contributed by atoms with Crippen molar-refractivity contribution < 1.29 is 9.84 Å². The third-order valence-corrected chi connectivity index (χ3v) is 2.77. The Balaban J connectivity index is 2.30. The zero-order valence-corrected chi connectivity index (χ0v) is 11.0. The van der Waals surface area contributed by atoms with Crippen LogP contribution in [-0.4, -0.2) is 31.5 Å². The zero-order valence-electron chi connectivity index (χ0n) is 9.45. The van der Waals surface area contributed by atoms with E-state index in [-0.39, 0.29) is 6.61 Å². The molecule has 92 valence electrons. The second kappa shape index (κ2) is 8.07. The van der Waals surface area contributed by atoms with Crippen molar-refractivity contribution in [2.75, 3.05) is 31.7 Å². The van der Waals surface area contributed by atoms with Crippen molar-refractivity contribution in [3.63, 3.8) is 0 Å². The van der Waals surface area contributed by atoms with Crippen LogP contribution in [0.5, 0.6) is 0 Å². The number of rotatable bonds is 7. The molecule has 0 aliphatic carbocycles. The summed E-state index contributed by atoms with van der Waals surface area (Å²) in [6.07, 6.45) is 0.868. The molecule has 0 amide bonds. The fourth-order valence-corrected chi connectivity index (χ4v) is 1.81. The van der Waals surface area contributed by atoms with E-state index < -0.39 is 0 Å². The van der Waals surface area contributed by atoms with Crippen molar-refractivity contribution in [3.05, 3.63) is 28.2 Å². The summed E-state index contributed by atoms with van der Waals surface area (Å²) in [5.74, 6) is 0. The molecular weight excluding hydrogens is 284 g/mol. The number of aliphatic hydroxyl groups excluding tert-OH is 1. The van der Waals surface area contributed by atoms with Gasteiger partial charge in [-0.1, -0.05) is 0 Å². The van der Waals surface area contributed by atoms with Crippen LogP contribution >= 0.6 is 15.9 Å². The molecule has 1 aromatic rings. The van der Waals surface area contributed by atoms with Gasteiger partial charge in [0.15, 0.2) is 0 Å². The first-order valence-electron chi connectivity index (χ1n) is 5.40. The molecule has 0 aliphatic heterocycles. The quantitative estimate of drug-likeness (QED) is 0.757. The van der Waals surface area contributed by atoms with Gasteiger partial charge in [-0.05, 0) is 40.5 Å². The number of nitriles is 1. The van der Waals surface area contributed by atoms with Crippen molar-refractivity contribution in [3.8, 4) is 6.07 Å². The Kier molecular flexibility index (Phi) is 6.63. The number of aliphatic hydroxyl groups is 1. The molecule has 0 fully saturated rings. The van der Waals surface area contributed by atoms with Crippen LogP contribution in [0.1, 0.15) is 12.0 Å². The second-order valence-corrected chi connectivity index (χ2v) is 4.28. The summed E-state index contributed by atoms with van der Waals surface area (Å²) >= 11 is 3.40. The van der Waals surface area contributed by atoms with Gasteiger partial charge in [-0.3, -0.25) is 0 Å². The summed E-state index contributed by atoms with van der Waals surface area (Å²) < 4.78 is 6.02. The maximum absolute atomic E-state index is 8.72. The van der Waals surface area contributed by atoms with Crippen LogP contribution in [0.15, 0.2) is 22.7 Å². The first-order valence-corrected chi connectivity index (χ1v) is 6.19. The van der Waals surface area contributed by atoms with E-state index in [2.05, 4.69) is 27.3 Å². The fourth-order valence-electron chi connectivity index (χ4n) is 1.29. The predicted molar refractivity (Wildman–Crippen MR) is 69.9 cm³/mol. The molecular formula is C12H15BrN2O2. The Labute approximate surface area is 109 Å².